The van der Waals surface area contributed by atoms with Gasteiger partial charge in [-0.05, 0) is 36.8 Å². The molecule has 0 radical (unpaired) electrons. The van der Waals surface area contributed by atoms with Crippen molar-refractivity contribution in [1.29, 1.82) is 0 Å². The monoisotopic (exact) mass is 430 g/mol. The minimum atomic E-state index is -0.542. The highest BCUT2D eigenvalue weighted by Crippen LogP contribution is 2.46. The first-order valence-electron chi connectivity index (χ1n) is 9.95. The molecular weight excluding hydrogens is 408 g/mol. The van der Waals surface area contributed by atoms with E-state index in [9.17, 15) is 9.59 Å². The van der Waals surface area contributed by atoms with Crippen molar-refractivity contribution in [3.05, 3.63) is 40.5 Å². The van der Waals surface area contributed by atoms with Gasteiger partial charge in [0.2, 0.25) is 5.91 Å². The van der Waals surface area contributed by atoms with E-state index in [1.807, 2.05) is 25.1 Å². The lowest BCUT2D eigenvalue weighted by molar-refractivity contribution is -0.130. The van der Waals surface area contributed by atoms with E-state index < -0.39 is 6.09 Å². The summed E-state index contributed by atoms with van der Waals surface area (Å²) in [6.07, 6.45) is 1.71. The van der Waals surface area contributed by atoms with Crippen LogP contribution >= 0.6 is 11.6 Å². The fourth-order valence-electron chi connectivity index (χ4n) is 3.47. The molecule has 1 aliphatic carbocycles. The summed E-state index contributed by atoms with van der Waals surface area (Å²) in [7, 11) is 0. The van der Waals surface area contributed by atoms with Gasteiger partial charge in [-0.25, -0.2) is 4.79 Å². The largest absolute Gasteiger partial charge is 0.434 e. The van der Waals surface area contributed by atoms with Crippen molar-refractivity contribution in [2.24, 2.45) is 0 Å². The summed E-state index contributed by atoms with van der Waals surface area (Å²) in [4.78, 5) is 27.4. The van der Waals surface area contributed by atoms with Crippen LogP contribution in [0.5, 0.6) is 17.4 Å². The van der Waals surface area contributed by atoms with Gasteiger partial charge in [0.15, 0.2) is 10.9 Å². The van der Waals surface area contributed by atoms with Gasteiger partial charge in [-0.2, -0.15) is 0 Å². The molecule has 0 unspecified atom stereocenters. The van der Waals surface area contributed by atoms with Crippen LogP contribution in [0.1, 0.15) is 36.8 Å². The summed E-state index contributed by atoms with van der Waals surface area (Å²) in [5.74, 6) is 1.38. The molecule has 0 spiro atoms. The second-order valence-electron chi connectivity index (χ2n) is 7.57. The molecule has 1 saturated heterocycles. The molecule has 2 fully saturated rings. The smallest absolute Gasteiger partial charge is 0.415 e. The van der Waals surface area contributed by atoms with Crippen molar-refractivity contribution >= 4 is 23.6 Å². The van der Waals surface area contributed by atoms with Crippen molar-refractivity contribution in [1.82, 2.24) is 20.0 Å². The van der Waals surface area contributed by atoms with Crippen molar-refractivity contribution in [2.45, 2.75) is 32.6 Å². The normalized spacial score (nSPS) is 16.4. The van der Waals surface area contributed by atoms with Gasteiger partial charge < -0.3 is 19.3 Å². The first-order chi connectivity index (χ1) is 14.4. The van der Waals surface area contributed by atoms with Gasteiger partial charge in [-0.15, -0.1) is 10.2 Å². The maximum absolute atomic E-state index is 12.7. The highest BCUT2D eigenvalue weighted by atomic mass is 35.5. The van der Waals surface area contributed by atoms with Crippen LogP contribution in [0.3, 0.4) is 0 Å². The number of carbonyl (C=O) groups excluding carboxylic acids is 2. The molecule has 9 heteroatoms. The minimum absolute atomic E-state index is 0.00600. The number of piperazine rings is 1. The van der Waals surface area contributed by atoms with Crippen LogP contribution in [0.4, 0.5) is 4.79 Å². The van der Waals surface area contributed by atoms with Crippen molar-refractivity contribution < 1.29 is 19.1 Å². The van der Waals surface area contributed by atoms with Crippen LogP contribution in [0.25, 0.3) is 0 Å². The molecule has 0 N–H and O–H groups in total. The minimum Gasteiger partial charge on any atom is -0.434 e. The molecule has 0 bridgehead atoms. The number of aryl methyl sites for hydroxylation is 1. The van der Waals surface area contributed by atoms with Gasteiger partial charge in [0.1, 0.15) is 5.75 Å². The third-order valence-corrected chi connectivity index (χ3v) is 5.52. The number of halogens is 1. The van der Waals surface area contributed by atoms with Crippen LogP contribution < -0.4 is 9.47 Å². The van der Waals surface area contributed by atoms with Gasteiger partial charge in [0, 0.05) is 39.2 Å². The van der Waals surface area contributed by atoms with E-state index in [0.717, 1.165) is 24.0 Å². The van der Waals surface area contributed by atoms with E-state index in [4.69, 9.17) is 21.1 Å². The van der Waals surface area contributed by atoms with Crippen molar-refractivity contribution in [3.8, 4) is 17.4 Å². The Kier molecular flexibility index (Phi) is 5.76. The predicted octanol–water partition coefficient (Wildman–Crippen LogP) is 3.77. The molecular formula is C21H23ClN4O4. The number of benzene rings is 1. The number of rotatable bonds is 4. The van der Waals surface area contributed by atoms with E-state index in [-0.39, 0.29) is 22.7 Å². The van der Waals surface area contributed by atoms with E-state index >= 15 is 0 Å². The summed E-state index contributed by atoms with van der Waals surface area (Å²) in [5.41, 5.74) is 2.08. The van der Waals surface area contributed by atoms with E-state index in [0.29, 0.717) is 37.8 Å². The third-order valence-electron chi connectivity index (χ3n) is 5.34. The first-order valence-corrected chi connectivity index (χ1v) is 10.3. The Hall–Kier alpha value is -2.87. The maximum atomic E-state index is 12.7. The molecule has 158 valence electrons. The van der Waals surface area contributed by atoms with Gasteiger partial charge in [-0.3, -0.25) is 4.79 Å². The Morgan fingerprint density at radius 1 is 1.10 bits per heavy atom. The average Bonchev–Trinajstić information content (AvgIpc) is 3.56. The molecule has 0 atom stereocenters. The summed E-state index contributed by atoms with van der Waals surface area (Å²) < 4.78 is 11.6. The van der Waals surface area contributed by atoms with Gasteiger partial charge >= 0.3 is 6.09 Å². The molecule has 1 aromatic heterocycles. The van der Waals surface area contributed by atoms with Crippen LogP contribution in [0.15, 0.2) is 24.3 Å². The second kappa shape index (κ2) is 8.47. The number of aromatic nitrogens is 2. The number of ether oxygens (including phenoxy) is 2. The number of amides is 2. The number of nitrogens with zero attached hydrogens (tertiary/aromatic N) is 4. The van der Waals surface area contributed by atoms with E-state index in [1.54, 1.807) is 9.80 Å². The molecule has 2 heterocycles. The van der Waals surface area contributed by atoms with Crippen LogP contribution in [0.2, 0.25) is 5.15 Å². The predicted molar refractivity (Wildman–Crippen MR) is 110 cm³/mol. The second-order valence-corrected chi connectivity index (χ2v) is 7.95. The fraction of sp³-hybridized carbons (Fsp3) is 0.429. The van der Waals surface area contributed by atoms with E-state index in [1.165, 1.54) is 13.0 Å². The first kappa shape index (κ1) is 20.4. The molecule has 2 amide bonds. The van der Waals surface area contributed by atoms with Crippen molar-refractivity contribution in [2.75, 3.05) is 26.2 Å². The van der Waals surface area contributed by atoms with Crippen molar-refractivity contribution in [3.63, 3.8) is 0 Å². The van der Waals surface area contributed by atoms with Gasteiger partial charge in [0.05, 0.1) is 0 Å². The summed E-state index contributed by atoms with van der Waals surface area (Å²) >= 11 is 5.99. The van der Waals surface area contributed by atoms with Gasteiger partial charge in [-0.1, -0.05) is 29.8 Å². The lowest BCUT2D eigenvalue weighted by atomic mass is 10.1. The Morgan fingerprint density at radius 2 is 1.80 bits per heavy atom. The Labute approximate surface area is 179 Å². The zero-order chi connectivity index (χ0) is 21.3. The van der Waals surface area contributed by atoms with Crippen LogP contribution in [0, 0.1) is 6.92 Å². The van der Waals surface area contributed by atoms with Crippen LogP contribution in [-0.2, 0) is 4.79 Å². The van der Waals surface area contributed by atoms with Crippen LogP contribution in [-0.4, -0.2) is 58.2 Å². The Bertz CT molecular complexity index is 971. The molecule has 4 rings (SSSR count). The highest BCUT2D eigenvalue weighted by molar-refractivity contribution is 6.29. The quantitative estimate of drug-likeness (QED) is 0.734. The standard InChI is InChI=1S/C21H23ClN4O4/c1-13-4-3-5-16(15-6-7-15)19(13)30-20-17(12-18(22)23-24-20)29-21(28)26-10-8-25(9-11-26)14(2)27/h3-5,12,15H,6-11H2,1-2H3. The Balaban J connectivity index is 1.52. The lowest BCUT2D eigenvalue weighted by Gasteiger charge is -2.33. The molecule has 8 nitrogen and oxygen atoms in total. The number of para-hydroxylation sites is 1. The topological polar surface area (TPSA) is 84.9 Å². The summed E-state index contributed by atoms with van der Waals surface area (Å²) in [5, 5.41) is 7.96. The molecule has 2 aromatic rings. The number of hydrogen-bond acceptors (Lipinski definition) is 6. The SMILES string of the molecule is CC(=O)N1CCN(C(=O)Oc2cc(Cl)nnc2Oc2c(C)cccc2C2CC2)CC1. The molecule has 1 aliphatic heterocycles. The molecule has 1 saturated carbocycles. The molecule has 30 heavy (non-hydrogen) atoms. The lowest BCUT2D eigenvalue weighted by Crippen LogP contribution is -2.50. The number of carbonyl (C=O) groups is 2. The molecule has 1 aromatic carbocycles. The molecule has 2 aliphatic rings. The van der Waals surface area contributed by atoms with E-state index in [2.05, 4.69) is 10.2 Å². The fourth-order valence-corrected chi connectivity index (χ4v) is 3.61. The zero-order valence-corrected chi connectivity index (χ0v) is 17.7. The Morgan fingerprint density at radius 3 is 2.47 bits per heavy atom. The third kappa shape index (κ3) is 4.48. The summed E-state index contributed by atoms with van der Waals surface area (Å²) in [6.45, 7) is 5.21. The van der Waals surface area contributed by atoms with Gasteiger partial charge in [0.25, 0.3) is 5.88 Å². The summed E-state index contributed by atoms with van der Waals surface area (Å²) in [6, 6.07) is 7.43. The average molecular weight is 431 g/mol. The maximum Gasteiger partial charge on any atom is 0.415 e. The zero-order valence-electron chi connectivity index (χ0n) is 16.9. The number of hydrogen-bond donors (Lipinski definition) is 0. The highest BCUT2D eigenvalue weighted by Gasteiger charge is 2.29.